The Balaban J connectivity index is 1.75. The molecule has 5 rings (SSSR count). The van der Waals surface area contributed by atoms with Gasteiger partial charge in [0.15, 0.2) is 0 Å². The van der Waals surface area contributed by atoms with Gasteiger partial charge in [-0.1, -0.05) is 26.0 Å². The van der Waals surface area contributed by atoms with Crippen molar-refractivity contribution in [3.8, 4) is 23.0 Å². The molecule has 0 saturated heterocycles. The average molecular weight is 380 g/mol. The Labute approximate surface area is 162 Å². The molecule has 0 radical (unpaired) electrons. The number of hydrogen-bond acceptors (Lipinski definition) is 6. The van der Waals surface area contributed by atoms with Crippen LogP contribution in [-0.2, 0) is 20.4 Å². The van der Waals surface area contributed by atoms with E-state index in [2.05, 4.69) is 0 Å². The molecule has 0 bridgehead atoms. The fraction of sp³-hybridized carbons (Fsp3) is 0.364. The van der Waals surface area contributed by atoms with Crippen molar-refractivity contribution in [2.75, 3.05) is 14.2 Å². The first-order valence-corrected chi connectivity index (χ1v) is 9.16. The molecule has 0 amide bonds. The molecule has 2 aromatic carbocycles. The lowest BCUT2D eigenvalue weighted by atomic mass is 9.34. The molecule has 4 atom stereocenters. The third kappa shape index (κ3) is 1.74. The smallest absolute Gasteiger partial charge is 0.316 e. The minimum Gasteiger partial charge on any atom is -0.497 e. The average Bonchev–Trinajstić information content (AvgIpc) is 2.68. The third-order valence-electron chi connectivity index (χ3n) is 7.08. The van der Waals surface area contributed by atoms with Crippen molar-refractivity contribution in [3.05, 3.63) is 47.5 Å². The molecule has 6 heteroatoms. The SMILES string of the molecule is COc1ccc2c(c1)OC(=O)[C@@H]1[C@H]3C(=O)Oc4cc(OC)ccc4[C@@]3(C)[C@]21C. The Hall–Kier alpha value is -3.02. The third-order valence-corrected chi connectivity index (χ3v) is 7.08. The van der Waals surface area contributed by atoms with Gasteiger partial charge in [-0.25, -0.2) is 0 Å². The van der Waals surface area contributed by atoms with E-state index in [4.69, 9.17) is 18.9 Å². The normalized spacial score (nSPS) is 31.9. The minimum atomic E-state index is -0.614. The highest BCUT2D eigenvalue weighted by atomic mass is 16.5. The van der Waals surface area contributed by atoms with Crippen molar-refractivity contribution in [2.24, 2.45) is 11.8 Å². The molecule has 0 spiro atoms. The van der Waals surface area contributed by atoms with Crippen LogP contribution in [0.5, 0.6) is 23.0 Å². The summed E-state index contributed by atoms with van der Waals surface area (Å²) in [5.74, 6) is 0.195. The van der Waals surface area contributed by atoms with E-state index in [1.165, 1.54) is 0 Å². The maximum atomic E-state index is 12.9. The molecule has 28 heavy (non-hydrogen) atoms. The Kier molecular flexibility index (Phi) is 3.22. The predicted octanol–water partition coefficient (Wildman–Crippen LogP) is 3.00. The Morgan fingerprint density at radius 1 is 0.750 bits per heavy atom. The summed E-state index contributed by atoms with van der Waals surface area (Å²) in [5.41, 5.74) is 0.565. The first kappa shape index (κ1) is 17.1. The number of rotatable bonds is 2. The van der Waals surface area contributed by atoms with Gasteiger partial charge in [0, 0.05) is 34.1 Å². The molecule has 6 nitrogen and oxygen atoms in total. The van der Waals surface area contributed by atoms with E-state index in [0.717, 1.165) is 11.1 Å². The summed E-state index contributed by atoms with van der Waals surface area (Å²) in [6.07, 6.45) is 0. The number of benzene rings is 2. The van der Waals surface area contributed by atoms with Gasteiger partial charge in [0.1, 0.15) is 23.0 Å². The zero-order valence-electron chi connectivity index (χ0n) is 16.1. The number of carbonyl (C=O) groups is 2. The summed E-state index contributed by atoms with van der Waals surface area (Å²) in [7, 11) is 3.14. The van der Waals surface area contributed by atoms with Crippen LogP contribution in [0.2, 0.25) is 0 Å². The van der Waals surface area contributed by atoms with Crippen molar-refractivity contribution >= 4 is 11.9 Å². The highest BCUT2D eigenvalue weighted by molar-refractivity contribution is 5.95. The van der Waals surface area contributed by atoms with Crippen LogP contribution in [0, 0.1) is 11.8 Å². The fourth-order valence-electron chi connectivity index (χ4n) is 5.48. The van der Waals surface area contributed by atoms with Crippen molar-refractivity contribution in [2.45, 2.75) is 24.7 Å². The van der Waals surface area contributed by atoms with Crippen LogP contribution in [-0.4, -0.2) is 26.2 Å². The topological polar surface area (TPSA) is 71.1 Å². The lowest BCUT2D eigenvalue weighted by Crippen LogP contribution is -2.75. The standard InChI is InChI=1S/C22H20O6/c1-21-13-7-5-11(25-3)9-15(13)27-19(23)17(21)18-20(24)28-16-10-12(26-4)6-8-14(16)22(18,21)2/h5-10,17-18H,1-4H3/t17-,18-,21+,22+/m0/s1. The molecule has 0 N–H and O–H groups in total. The van der Waals surface area contributed by atoms with Crippen LogP contribution in [0.25, 0.3) is 0 Å². The van der Waals surface area contributed by atoms with Crippen LogP contribution in [0.3, 0.4) is 0 Å². The van der Waals surface area contributed by atoms with Gasteiger partial charge >= 0.3 is 11.9 Å². The monoisotopic (exact) mass is 380 g/mol. The molecule has 0 unspecified atom stereocenters. The molecule has 144 valence electrons. The van der Waals surface area contributed by atoms with E-state index in [1.807, 2.05) is 38.1 Å². The molecule has 1 aliphatic carbocycles. The van der Waals surface area contributed by atoms with E-state index in [-0.39, 0.29) is 0 Å². The molecular weight excluding hydrogens is 360 g/mol. The second kappa shape index (κ2) is 5.28. The van der Waals surface area contributed by atoms with E-state index in [0.29, 0.717) is 23.0 Å². The lowest BCUT2D eigenvalue weighted by Gasteiger charge is -2.67. The number of carbonyl (C=O) groups excluding carboxylic acids is 2. The summed E-state index contributed by atoms with van der Waals surface area (Å²) in [4.78, 5) is 25.8. The van der Waals surface area contributed by atoms with Crippen LogP contribution >= 0.6 is 0 Å². The van der Waals surface area contributed by atoms with Gasteiger partial charge in [-0.2, -0.15) is 0 Å². The maximum Gasteiger partial charge on any atom is 0.316 e. The highest BCUT2D eigenvalue weighted by Crippen LogP contribution is 2.71. The van der Waals surface area contributed by atoms with Gasteiger partial charge in [-0.3, -0.25) is 9.59 Å². The Bertz CT molecular complexity index is 960. The second-order valence-corrected chi connectivity index (χ2v) is 7.93. The summed E-state index contributed by atoms with van der Waals surface area (Å²) >= 11 is 0. The summed E-state index contributed by atoms with van der Waals surface area (Å²) in [5, 5.41) is 0. The van der Waals surface area contributed by atoms with Gasteiger partial charge in [0.2, 0.25) is 0 Å². The van der Waals surface area contributed by atoms with Crippen molar-refractivity contribution < 1.29 is 28.5 Å². The van der Waals surface area contributed by atoms with Crippen LogP contribution < -0.4 is 18.9 Å². The summed E-state index contributed by atoms with van der Waals surface area (Å²) < 4.78 is 21.7. The zero-order valence-corrected chi connectivity index (χ0v) is 16.1. The number of esters is 2. The minimum absolute atomic E-state index is 0.403. The van der Waals surface area contributed by atoms with Gasteiger partial charge in [-0.05, 0) is 12.1 Å². The number of ether oxygens (including phenoxy) is 4. The maximum absolute atomic E-state index is 12.9. The Morgan fingerprint density at radius 3 is 1.50 bits per heavy atom. The highest BCUT2D eigenvalue weighted by Gasteiger charge is 2.77. The quantitative estimate of drug-likeness (QED) is 0.589. The van der Waals surface area contributed by atoms with Crippen molar-refractivity contribution in [1.29, 1.82) is 0 Å². The van der Waals surface area contributed by atoms with Crippen molar-refractivity contribution in [3.63, 3.8) is 0 Å². The summed E-state index contributed by atoms with van der Waals surface area (Å²) in [6, 6.07) is 11.0. The summed E-state index contributed by atoms with van der Waals surface area (Å²) in [6.45, 7) is 4.07. The predicted molar refractivity (Wildman–Crippen MR) is 98.9 cm³/mol. The second-order valence-electron chi connectivity index (χ2n) is 7.93. The van der Waals surface area contributed by atoms with Crippen LogP contribution in [0.1, 0.15) is 25.0 Å². The number of methoxy groups -OCH3 is 2. The molecular formula is C22H20O6. The molecule has 1 saturated carbocycles. The van der Waals surface area contributed by atoms with E-state index < -0.39 is 34.6 Å². The van der Waals surface area contributed by atoms with Gasteiger partial charge < -0.3 is 18.9 Å². The van der Waals surface area contributed by atoms with Gasteiger partial charge in [0.25, 0.3) is 0 Å². The zero-order chi connectivity index (χ0) is 19.8. The number of fused-ring (bicyclic) bond motifs is 8. The number of hydrogen-bond donors (Lipinski definition) is 0. The molecule has 2 aliphatic heterocycles. The first-order valence-electron chi connectivity index (χ1n) is 9.16. The van der Waals surface area contributed by atoms with Crippen LogP contribution in [0.15, 0.2) is 36.4 Å². The molecule has 2 heterocycles. The molecule has 0 aromatic heterocycles. The largest absolute Gasteiger partial charge is 0.497 e. The van der Waals surface area contributed by atoms with Crippen molar-refractivity contribution in [1.82, 2.24) is 0 Å². The van der Waals surface area contributed by atoms with E-state index in [9.17, 15) is 9.59 Å². The fourth-order valence-corrected chi connectivity index (χ4v) is 5.48. The van der Waals surface area contributed by atoms with E-state index >= 15 is 0 Å². The van der Waals surface area contributed by atoms with Gasteiger partial charge in [-0.15, -0.1) is 0 Å². The van der Waals surface area contributed by atoms with E-state index in [1.54, 1.807) is 26.4 Å². The Morgan fingerprint density at radius 2 is 1.14 bits per heavy atom. The molecule has 1 fully saturated rings. The first-order chi connectivity index (χ1) is 13.4. The molecule has 3 aliphatic rings. The van der Waals surface area contributed by atoms with Crippen LogP contribution in [0.4, 0.5) is 0 Å². The lowest BCUT2D eigenvalue weighted by molar-refractivity contribution is -0.186. The van der Waals surface area contributed by atoms with Gasteiger partial charge in [0.05, 0.1) is 26.1 Å². The molecule has 2 aromatic rings.